The van der Waals surface area contributed by atoms with Gasteiger partial charge in [-0.25, -0.2) is 8.42 Å². The average molecular weight is 356 g/mol. The van der Waals surface area contributed by atoms with Gasteiger partial charge in [0.1, 0.15) is 0 Å². The molecule has 1 aromatic rings. The molecule has 0 saturated carbocycles. The van der Waals surface area contributed by atoms with E-state index in [-0.39, 0.29) is 19.8 Å². The number of ether oxygens (including phenoxy) is 1. The largest absolute Gasteiger partial charge is 0.395 e. The lowest BCUT2D eigenvalue weighted by atomic mass is 10.3. The molecule has 0 aromatic carbocycles. The molecule has 102 valence electrons. The van der Waals surface area contributed by atoms with E-state index in [9.17, 15) is 13.5 Å². The first-order chi connectivity index (χ1) is 8.46. The summed E-state index contributed by atoms with van der Waals surface area (Å²) in [7, 11) is -3.56. The maximum absolute atomic E-state index is 12.5. The number of rotatable bonds is 3. The summed E-state index contributed by atoms with van der Waals surface area (Å²) in [5.74, 6) is 0. The van der Waals surface area contributed by atoms with Crippen LogP contribution < -0.4 is 0 Å². The number of aryl methyl sites for hydroxylation is 1. The lowest BCUT2D eigenvalue weighted by molar-refractivity contribution is 0.0109. The molecule has 0 spiro atoms. The van der Waals surface area contributed by atoms with Gasteiger partial charge >= 0.3 is 0 Å². The highest BCUT2D eigenvalue weighted by molar-refractivity contribution is 9.11. The van der Waals surface area contributed by atoms with Crippen LogP contribution in [-0.2, 0) is 14.8 Å². The second-order valence-electron chi connectivity index (χ2n) is 4.00. The molecule has 0 radical (unpaired) electrons. The van der Waals surface area contributed by atoms with Gasteiger partial charge in [-0.05, 0) is 28.9 Å². The predicted molar refractivity (Wildman–Crippen MR) is 72.3 cm³/mol. The molecule has 0 amide bonds. The molecule has 1 fully saturated rings. The first kappa shape index (κ1) is 14.4. The van der Waals surface area contributed by atoms with Crippen LogP contribution >= 0.6 is 27.3 Å². The van der Waals surface area contributed by atoms with Gasteiger partial charge < -0.3 is 9.84 Å². The van der Waals surface area contributed by atoms with Gasteiger partial charge in [-0.15, -0.1) is 11.3 Å². The Hall–Kier alpha value is 0.01000. The Bertz CT molecular complexity index is 528. The van der Waals surface area contributed by atoms with Crippen molar-refractivity contribution in [1.82, 2.24) is 4.31 Å². The number of nitrogens with zero attached hydrogens (tertiary/aromatic N) is 1. The number of thiophene rings is 1. The van der Waals surface area contributed by atoms with Crippen molar-refractivity contribution in [2.45, 2.75) is 17.9 Å². The van der Waals surface area contributed by atoms with E-state index in [4.69, 9.17) is 4.74 Å². The van der Waals surface area contributed by atoms with E-state index in [1.165, 1.54) is 15.6 Å². The normalized spacial score (nSPS) is 22.3. The van der Waals surface area contributed by atoms with Crippen molar-refractivity contribution in [1.29, 1.82) is 0 Å². The van der Waals surface area contributed by atoms with E-state index in [1.807, 2.05) is 0 Å². The van der Waals surface area contributed by atoms with Crippen LogP contribution in [0.3, 0.4) is 0 Å². The number of sulfonamides is 1. The van der Waals surface area contributed by atoms with Gasteiger partial charge in [-0.2, -0.15) is 4.31 Å². The number of morpholine rings is 1. The molecule has 1 saturated heterocycles. The number of halogens is 1. The van der Waals surface area contributed by atoms with Crippen LogP contribution in [0.4, 0.5) is 0 Å². The molecule has 0 bridgehead atoms. The van der Waals surface area contributed by atoms with Crippen LogP contribution in [0.25, 0.3) is 0 Å². The van der Waals surface area contributed by atoms with Crippen molar-refractivity contribution in [2.75, 3.05) is 26.4 Å². The smallest absolute Gasteiger partial charge is 0.244 e. The van der Waals surface area contributed by atoms with Crippen LogP contribution in [0.1, 0.15) is 4.88 Å². The number of aliphatic hydroxyl groups excluding tert-OH is 1. The van der Waals surface area contributed by atoms with Gasteiger partial charge in [0, 0.05) is 11.4 Å². The van der Waals surface area contributed by atoms with E-state index in [1.54, 1.807) is 13.0 Å². The summed E-state index contributed by atoms with van der Waals surface area (Å²) < 4.78 is 32.4. The summed E-state index contributed by atoms with van der Waals surface area (Å²) in [5, 5.41) is 9.25. The Balaban J connectivity index is 2.38. The Morgan fingerprint density at radius 2 is 2.39 bits per heavy atom. The third kappa shape index (κ3) is 2.63. The molecule has 1 unspecified atom stereocenters. The van der Waals surface area contributed by atoms with Crippen LogP contribution in [-0.4, -0.2) is 50.2 Å². The van der Waals surface area contributed by atoms with E-state index in [0.717, 1.165) is 8.66 Å². The predicted octanol–water partition coefficient (Wildman–Crippen LogP) is 1.20. The minimum atomic E-state index is -3.56. The molecule has 1 aromatic heterocycles. The Morgan fingerprint density at radius 1 is 1.67 bits per heavy atom. The van der Waals surface area contributed by atoms with E-state index < -0.39 is 16.1 Å². The molecule has 8 heteroatoms. The highest BCUT2D eigenvalue weighted by atomic mass is 79.9. The Labute approximate surface area is 119 Å². The van der Waals surface area contributed by atoms with Gasteiger partial charge in [0.15, 0.2) is 0 Å². The number of hydrogen-bond donors (Lipinski definition) is 1. The molecule has 18 heavy (non-hydrogen) atoms. The van der Waals surface area contributed by atoms with Crippen LogP contribution in [0.15, 0.2) is 14.7 Å². The van der Waals surface area contributed by atoms with Gasteiger partial charge in [0.25, 0.3) is 0 Å². The van der Waals surface area contributed by atoms with Crippen molar-refractivity contribution >= 4 is 37.3 Å². The summed E-state index contributed by atoms with van der Waals surface area (Å²) >= 11 is 4.68. The summed E-state index contributed by atoms with van der Waals surface area (Å²) in [6.45, 7) is 2.42. The molecule has 1 aliphatic heterocycles. The van der Waals surface area contributed by atoms with Gasteiger partial charge in [-0.1, -0.05) is 0 Å². The second kappa shape index (κ2) is 5.56. The van der Waals surface area contributed by atoms with Crippen molar-refractivity contribution in [3.63, 3.8) is 0 Å². The number of aliphatic hydroxyl groups is 1. The molecule has 2 rings (SSSR count). The third-order valence-electron chi connectivity index (χ3n) is 2.81. The number of hydrogen-bond acceptors (Lipinski definition) is 5. The molecule has 1 N–H and O–H groups in total. The summed E-state index contributed by atoms with van der Waals surface area (Å²) in [4.78, 5) is 1.05. The van der Waals surface area contributed by atoms with Crippen molar-refractivity contribution < 1.29 is 18.3 Å². The molecule has 1 atom stereocenters. The fourth-order valence-corrected chi connectivity index (χ4v) is 5.88. The summed E-state index contributed by atoms with van der Waals surface area (Å²) in [5.41, 5.74) is 0. The Kier molecular flexibility index (Phi) is 4.45. The standard InChI is InChI=1S/C10H14BrNO4S2/c1-7-9(4-10(11)17-7)18(14,15)12-2-3-16-6-8(12)5-13/h4,8,13H,2-3,5-6H2,1H3. The van der Waals surface area contributed by atoms with Gasteiger partial charge in [0.2, 0.25) is 10.0 Å². The average Bonchev–Trinajstić information content (AvgIpc) is 2.69. The van der Waals surface area contributed by atoms with Crippen LogP contribution in [0, 0.1) is 6.92 Å². The minimum Gasteiger partial charge on any atom is -0.395 e. The lowest BCUT2D eigenvalue weighted by Gasteiger charge is -2.33. The molecule has 2 heterocycles. The maximum atomic E-state index is 12.5. The molecular weight excluding hydrogens is 342 g/mol. The zero-order chi connectivity index (χ0) is 13.3. The van der Waals surface area contributed by atoms with Gasteiger partial charge in [0.05, 0.1) is 34.5 Å². The van der Waals surface area contributed by atoms with Crippen molar-refractivity contribution in [3.8, 4) is 0 Å². The molecular formula is C10H14BrNO4S2. The Morgan fingerprint density at radius 3 is 2.94 bits per heavy atom. The molecule has 1 aliphatic rings. The lowest BCUT2D eigenvalue weighted by Crippen LogP contribution is -2.50. The van der Waals surface area contributed by atoms with E-state index in [0.29, 0.717) is 11.5 Å². The highest BCUT2D eigenvalue weighted by Crippen LogP contribution is 2.32. The first-order valence-electron chi connectivity index (χ1n) is 5.43. The first-order valence-corrected chi connectivity index (χ1v) is 8.48. The quantitative estimate of drug-likeness (QED) is 0.884. The van der Waals surface area contributed by atoms with E-state index in [2.05, 4.69) is 15.9 Å². The third-order valence-corrected chi connectivity index (χ3v) is 6.57. The summed E-state index contributed by atoms with van der Waals surface area (Å²) in [6, 6.07) is 1.11. The van der Waals surface area contributed by atoms with Crippen molar-refractivity contribution in [2.24, 2.45) is 0 Å². The van der Waals surface area contributed by atoms with Crippen molar-refractivity contribution in [3.05, 3.63) is 14.7 Å². The second-order valence-corrected chi connectivity index (χ2v) is 8.49. The van der Waals surface area contributed by atoms with E-state index >= 15 is 0 Å². The minimum absolute atomic E-state index is 0.233. The van der Waals surface area contributed by atoms with Gasteiger partial charge in [-0.3, -0.25) is 0 Å². The zero-order valence-electron chi connectivity index (χ0n) is 9.80. The topological polar surface area (TPSA) is 66.8 Å². The highest BCUT2D eigenvalue weighted by Gasteiger charge is 2.35. The maximum Gasteiger partial charge on any atom is 0.244 e. The van der Waals surface area contributed by atoms with Crippen LogP contribution in [0.5, 0.6) is 0 Å². The molecule has 5 nitrogen and oxygen atoms in total. The summed E-state index contributed by atoms with van der Waals surface area (Å²) in [6.07, 6.45) is 0. The zero-order valence-corrected chi connectivity index (χ0v) is 13.0. The molecule has 0 aliphatic carbocycles. The fourth-order valence-electron chi connectivity index (χ4n) is 1.91. The fraction of sp³-hybridized carbons (Fsp3) is 0.600. The SMILES string of the molecule is Cc1sc(Br)cc1S(=O)(=O)N1CCOCC1CO. The monoisotopic (exact) mass is 355 g/mol. The van der Waals surface area contributed by atoms with Crippen LogP contribution in [0.2, 0.25) is 0 Å².